The fourth-order valence-electron chi connectivity index (χ4n) is 1.43. The van der Waals surface area contributed by atoms with Crippen LogP contribution in [0.3, 0.4) is 0 Å². The lowest BCUT2D eigenvalue weighted by molar-refractivity contribution is -0.132. The third-order valence-corrected chi connectivity index (χ3v) is 2.26. The van der Waals surface area contributed by atoms with Crippen molar-refractivity contribution in [3.63, 3.8) is 0 Å². The van der Waals surface area contributed by atoms with E-state index in [2.05, 4.69) is 5.32 Å². The Labute approximate surface area is 87.6 Å². The molecular weight excluding hydrogens is 206 g/mol. The lowest BCUT2D eigenvalue weighted by Crippen LogP contribution is -2.45. The first-order valence-corrected chi connectivity index (χ1v) is 4.93. The van der Waals surface area contributed by atoms with Crippen LogP contribution in [0.4, 0.5) is 8.78 Å². The van der Waals surface area contributed by atoms with Gasteiger partial charge in [-0.3, -0.25) is 4.79 Å². The summed E-state index contributed by atoms with van der Waals surface area (Å²) in [5.74, 6) is -0.279. The lowest BCUT2D eigenvalue weighted by Gasteiger charge is -2.25. The molecule has 88 valence electrons. The van der Waals surface area contributed by atoms with Crippen LogP contribution in [-0.4, -0.2) is 56.6 Å². The smallest absolute Gasteiger partial charge is 0.255 e. The number of nitrogens with zero attached hydrogens (tertiary/aromatic N) is 1. The summed E-state index contributed by atoms with van der Waals surface area (Å²) < 4.78 is 29.1. The van der Waals surface area contributed by atoms with Gasteiger partial charge in [0.15, 0.2) is 0 Å². The number of nitrogens with one attached hydrogen (secondary N) is 1. The molecule has 1 aliphatic heterocycles. The standard InChI is InChI=1S/C9H16F2N2O2/c1-13(5-8(10)11)9(14)4-7-6-15-3-2-12-7/h7-8,12H,2-6H2,1H3. The van der Waals surface area contributed by atoms with Gasteiger partial charge in [0.25, 0.3) is 6.43 Å². The fraction of sp³-hybridized carbons (Fsp3) is 0.889. The van der Waals surface area contributed by atoms with E-state index in [4.69, 9.17) is 4.74 Å². The van der Waals surface area contributed by atoms with Crippen molar-refractivity contribution in [2.24, 2.45) is 0 Å². The van der Waals surface area contributed by atoms with E-state index in [1.807, 2.05) is 0 Å². The molecule has 15 heavy (non-hydrogen) atoms. The third kappa shape index (κ3) is 4.53. The summed E-state index contributed by atoms with van der Waals surface area (Å²) in [5.41, 5.74) is 0. The Morgan fingerprint density at radius 1 is 1.67 bits per heavy atom. The highest BCUT2D eigenvalue weighted by Crippen LogP contribution is 2.03. The van der Waals surface area contributed by atoms with Gasteiger partial charge in [0, 0.05) is 26.1 Å². The third-order valence-electron chi connectivity index (χ3n) is 2.26. The van der Waals surface area contributed by atoms with E-state index in [9.17, 15) is 13.6 Å². The Bertz CT molecular complexity index is 208. The summed E-state index contributed by atoms with van der Waals surface area (Å²) in [6, 6.07) is -0.0497. The highest BCUT2D eigenvalue weighted by molar-refractivity contribution is 5.76. The minimum atomic E-state index is -2.48. The number of carbonyl (C=O) groups is 1. The molecule has 1 unspecified atom stereocenters. The topological polar surface area (TPSA) is 41.6 Å². The van der Waals surface area contributed by atoms with Crippen LogP contribution in [0.5, 0.6) is 0 Å². The highest BCUT2D eigenvalue weighted by atomic mass is 19.3. The monoisotopic (exact) mass is 222 g/mol. The van der Waals surface area contributed by atoms with Crippen LogP contribution in [0.15, 0.2) is 0 Å². The predicted molar refractivity (Wildman–Crippen MR) is 50.9 cm³/mol. The number of amides is 1. The predicted octanol–water partition coefficient (Wildman–Crippen LogP) is 0.0884. The van der Waals surface area contributed by atoms with Crippen LogP contribution in [0.1, 0.15) is 6.42 Å². The van der Waals surface area contributed by atoms with E-state index in [0.717, 1.165) is 4.90 Å². The molecule has 1 rings (SSSR count). The summed E-state index contributed by atoms with van der Waals surface area (Å²) in [5, 5.41) is 3.10. The first kappa shape index (κ1) is 12.3. The largest absolute Gasteiger partial charge is 0.378 e. The molecule has 0 spiro atoms. The average molecular weight is 222 g/mol. The van der Waals surface area contributed by atoms with Gasteiger partial charge in [-0.1, -0.05) is 0 Å². The van der Waals surface area contributed by atoms with E-state index in [1.54, 1.807) is 0 Å². The molecule has 1 fully saturated rings. The van der Waals surface area contributed by atoms with Gasteiger partial charge in [-0.15, -0.1) is 0 Å². The number of halogens is 2. The fourth-order valence-corrected chi connectivity index (χ4v) is 1.43. The van der Waals surface area contributed by atoms with Gasteiger partial charge in [0.05, 0.1) is 19.8 Å². The number of alkyl halides is 2. The maximum Gasteiger partial charge on any atom is 0.255 e. The van der Waals surface area contributed by atoms with Crippen molar-refractivity contribution in [1.82, 2.24) is 10.2 Å². The minimum Gasteiger partial charge on any atom is -0.378 e. The van der Waals surface area contributed by atoms with Crippen LogP contribution in [0.2, 0.25) is 0 Å². The lowest BCUT2D eigenvalue weighted by atomic mass is 10.2. The van der Waals surface area contributed by atoms with Crippen molar-refractivity contribution in [1.29, 1.82) is 0 Å². The zero-order valence-electron chi connectivity index (χ0n) is 8.71. The van der Waals surface area contributed by atoms with Crippen molar-refractivity contribution in [2.45, 2.75) is 18.9 Å². The first-order valence-electron chi connectivity index (χ1n) is 4.93. The molecule has 4 nitrogen and oxygen atoms in total. The molecular formula is C9H16F2N2O2. The zero-order chi connectivity index (χ0) is 11.3. The van der Waals surface area contributed by atoms with Crippen LogP contribution >= 0.6 is 0 Å². The second-order valence-corrected chi connectivity index (χ2v) is 3.60. The number of hydrogen-bond acceptors (Lipinski definition) is 3. The summed E-state index contributed by atoms with van der Waals surface area (Å²) in [6.45, 7) is 1.30. The van der Waals surface area contributed by atoms with Gasteiger partial charge < -0.3 is 15.0 Å². The summed E-state index contributed by atoms with van der Waals surface area (Å²) in [4.78, 5) is 12.5. The molecule has 1 amide bonds. The van der Waals surface area contributed by atoms with Gasteiger partial charge in [0.2, 0.25) is 5.91 Å². The normalized spacial score (nSPS) is 21.7. The van der Waals surface area contributed by atoms with Gasteiger partial charge in [-0.05, 0) is 0 Å². The molecule has 0 radical (unpaired) electrons. The maximum atomic E-state index is 12.0. The molecule has 1 N–H and O–H groups in total. The second kappa shape index (κ2) is 5.97. The number of morpholine rings is 1. The maximum absolute atomic E-state index is 12.0. The van der Waals surface area contributed by atoms with Gasteiger partial charge >= 0.3 is 0 Å². The average Bonchev–Trinajstić information content (AvgIpc) is 2.18. The summed E-state index contributed by atoms with van der Waals surface area (Å²) >= 11 is 0. The Balaban J connectivity index is 2.27. The molecule has 0 saturated carbocycles. The quantitative estimate of drug-likeness (QED) is 0.733. The van der Waals surface area contributed by atoms with Crippen LogP contribution < -0.4 is 5.32 Å². The van der Waals surface area contributed by atoms with E-state index in [0.29, 0.717) is 19.8 Å². The van der Waals surface area contributed by atoms with Gasteiger partial charge in [-0.2, -0.15) is 0 Å². The molecule has 1 heterocycles. The second-order valence-electron chi connectivity index (χ2n) is 3.60. The van der Waals surface area contributed by atoms with Crippen molar-refractivity contribution in [3.05, 3.63) is 0 Å². The van der Waals surface area contributed by atoms with Crippen molar-refractivity contribution >= 4 is 5.91 Å². The van der Waals surface area contributed by atoms with E-state index in [-0.39, 0.29) is 18.4 Å². The van der Waals surface area contributed by atoms with Crippen molar-refractivity contribution < 1.29 is 18.3 Å². The van der Waals surface area contributed by atoms with Gasteiger partial charge in [0.1, 0.15) is 0 Å². The Kier molecular flexibility index (Phi) is 4.90. The zero-order valence-corrected chi connectivity index (χ0v) is 8.71. The van der Waals surface area contributed by atoms with E-state index < -0.39 is 13.0 Å². The van der Waals surface area contributed by atoms with Crippen LogP contribution in [0.25, 0.3) is 0 Å². The molecule has 0 aliphatic carbocycles. The number of hydrogen-bond donors (Lipinski definition) is 1. The van der Waals surface area contributed by atoms with Crippen molar-refractivity contribution in [3.8, 4) is 0 Å². The molecule has 0 aromatic carbocycles. The summed E-state index contributed by atoms with van der Waals surface area (Å²) in [7, 11) is 1.39. The SMILES string of the molecule is CN(CC(F)F)C(=O)CC1COCCN1. The van der Waals surface area contributed by atoms with Crippen LogP contribution in [0, 0.1) is 0 Å². The highest BCUT2D eigenvalue weighted by Gasteiger charge is 2.20. The van der Waals surface area contributed by atoms with E-state index >= 15 is 0 Å². The van der Waals surface area contributed by atoms with E-state index in [1.165, 1.54) is 7.05 Å². The first-order chi connectivity index (χ1) is 7.09. The minimum absolute atomic E-state index is 0.0497. The molecule has 0 bridgehead atoms. The number of carbonyl (C=O) groups excluding carboxylic acids is 1. The van der Waals surface area contributed by atoms with Crippen LogP contribution in [-0.2, 0) is 9.53 Å². The molecule has 1 saturated heterocycles. The van der Waals surface area contributed by atoms with Gasteiger partial charge in [-0.25, -0.2) is 8.78 Å². The molecule has 1 atom stereocenters. The number of ether oxygens (including phenoxy) is 1. The number of rotatable bonds is 4. The Hall–Kier alpha value is -0.750. The Morgan fingerprint density at radius 2 is 2.40 bits per heavy atom. The molecule has 0 aromatic heterocycles. The van der Waals surface area contributed by atoms with Crippen molar-refractivity contribution in [2.75, 3.05) is 33.4 Å². The Morgan fingerprint density at radius 3 is 2.93 bits per heavy atom. The molecule has 0 aromatic rings. The summed E-state index contributed by atoms with van der Waals surface area (Å²) in [6.07, 6.45) is -2.27. The molecule has 6 heteroatoms. The molecule has 1 aliphatic rings.